The molecule has 1 fully saturated rings. The van der Waals surface area contributed by atoms with Crippen LogP contribution >= 0.6 is 15.9 Å². The van der Waals surface area contributed by atoms with Gasteiger partial charge in [-0.15, -0.1) is 10.2 Å². The number of nitrogens with zero attached hydrogens (tertiary/aromatic N) is 4. The predicted octanol–water partition coefficient (Wildman–Crippen LogP) is 5.15. The molecule has 0 saturated carbocycles. The van der Waals surface area contributed by atoms with E-state index in [-0.39, 0.29) is 11.7 Å². The topological polar surface area (TPSA) is 81.4 Å². The highest BCUT2D eigenvalue weighted by Gasteiger charge is 2.27. The molecule has 4 aromatic rings. The largest absolute Gasteiger partial charge is 0.419 e. The van der Waals surface area contributed by atoms with E-state index in [4.69, 9.17) is 9.15 Å². The number of anilines is 1. The van der Waals surface area contributed by atoms with Gasteiger partial charge >= 0.3 is 0 Å². The van der Waals surface area contributed by atoms with Gasteiger partial charge in [-0.25, -0.2) is 4.98 Å². The van der Waals surface area contributed by atoms with E-state index in [1.165, 1.54) is 0 Å². The molecule has 8 heteroatoms. The second-order valence-corrected chi connectivity index (χ2v) is 10.1. The molecule has 37 heavy (non-hydrogen) atoms. The van der Waals surface area contributed by atoms with Gasteiger partial charge < -0.3 is 14.1 Å². The number of pyridine rings is 1. The molecule has 0 spiro atoms. The molecule has 1 atom stereocenters. The van der Waals surface area contributed by atoms with E-state index in [0.29, 0.717) is 43.5 Å². The molecular formula is C29H25BrN4O3. The number of allylic oxidation sites excluding steroid dienone is 1. The monoisotopic (exact) mass is 556 g/mol. The van der Waals surface area contributed by atoms with Crippen molar-refractivity contribution in [2.75, 3.05) is 31.2 Å². The molecule has 0 radical (unpaired) electrons. The van der Waals surface area contributed by atoms with Crippen molar-refractivity contribution in [3.05, 3.63) is 100.0 Å². The minimum atomic E-state index is -0.382. The average Bonchev–Trinajstić information content (AvgIpc) is 3.35. The number of benzene rings is 2. The van der Waals surface area contributed by atoms with Crippen molar-refractivity contribution < 1.29 is 13.9 Å². The smallest absolute Gasteiger partial charge is 0.268 e. The van der Waals surface area contributed by atoms with E-state index in [1.807, 2.05) is 42.5 Å². The van der Waals surface area contributed by atoms with Gasteiger partial charge in [0.05, 0.1) is 18.9 Å². The molecule has 6 rings (SSSR count). The SMILES string of the molecule is O=C1Cc2ccccc2C(c2ccccc2)=C[C@@H]1Cc1nnc(-c2ncc(Br)cc2N2CCOCC2)o1. The van der Waals surface area contributed by atoms with Crippen molar-refractivity contribution in [1.82, 2.24) is 15.2 Å². The number of morpholine rings is 1. The third kappa shape index (κ3) is 4.99. The van der Waals surface area contributed by atoms with Gasteiger partial charge in [-0.2, -0.15) is 0 Å². The molecule has 0 amide bonds. The fourth-order valence-corrected chi connectivity index (χ4v) is 5.26. The van der Waals surface area contributed by atoms with E-state index in [9.17, 15) is 4.79 Å². The fraction of sp³-hybridized carbons (Fsp3) is 0.241. The zero-order valence-corrected chi connectivity index (χ0v) is 21.7. The summed E-state index contributed by atoms with van der Waals surface area (Å²) in [6, 6.07) is 20.3. The Morgan fingerprint density at radius 2 is 1.78 bits per heavy atom. The first-order chi connectivity index (χ1) is 18.2. The van der Waals surface area contributed by atoms with Gasteiger partial charge in [0.15, 0.2) is 5.69 Å². The second-order valence-electron chi connectivity index (χ2n) is 9.18. The number of aromatic nitrogens is 3. The van der Waals surface area contributed by atoms with Crippen LogP contribution in [-0.2, 0) is 22.4 Å². The van der Waals surface area contributed by atoms with Crippen molar-refractivity contribution in [2.24, 2.45) is 5.92 Å². The van der Waals surface area contributed by atoms with Crippen molar-refractivity contribution >= 4 is 33.0 Å². The van der Waals surface area contributed by atoms with Crippen LogP contribution in [0.3, 0.4) is 0 Å². The third-order valence-electron chi connectivity index (χ3n) is 6.79. The number of rotatable bonds is 5. The molecule has 7 nitrogen and oxygen atoms in total. The maximum absolute atomic E-state index is 13.4. The molecule has 1 aliphatic heterocycles. The first-order valence-electron chi connectivity index (χ1n) is 12.3. The molecule has 1 saturated heterocycles. The predicted molar refractivity (Wildman–Crippen MR) is 144 cm³/mol. The number of Topliss-reactive ketones (excluding diaryl/α,β-unsaturated/α-hetero) is 1. The molecule has 3 heterocycles. The third-order valence-corrected chi connectivity index (χ3v) is 7.22. The summed E-state index contributed by atoms with van der Waals surface area (Å²) >= 11 is 3.53. The summed E-state index contributed by atoms with van der Waals surface area (Å²) in [7, 11) is 0. The maximum atomic E-state index is 13.4. The highest BCUT2D eigenvalue weighted by molar-refractivity contribution is 9.10. The highest BCUT2D eigenvalue weighted by Crippen LogP contribution is 2.34. The Morgan fingerprint density at radius 3 is 2.62 bits per heavy atom. The average molecular weight is 557 g/mol. The normalized spacial score (nSPS) is 17.8. The Labute approximate surface area is 223 Å². The summed E-state index contributed by atoms with van der Waals surface area (Å²) in [5, 5.41) is 8.63. The molecule has 0 unspecified atom stereocenters. The summed E-state index contributed by atoms with van der Waals surface area (Å²) in [4.78, 5) is 20.2. The van der Waals surface area contributed by atoms with Gasteiger partial charge in [0, 0.05) is 42.5 Å². The first-order valence-corrected chi connectivity index (χ1v) is 13.1. The zero-order chi connectivity index (χ0) is 25.2. The zero-order valence-electron chi connectivity index (χ0n) is 20.1. The summed E-state index contributed by atoms with van der Waals surface area (Å²) in [5.74, 6) is 0.516. The lowest BCUT2D eigenvalue weighted by Crippen LogP contribution is -2.36. The van der Waals surface area contributed by atoms with Crippen LogP contribution in [0.15, 0.2) is 81.8 Å². The number of ether oxygens (including phenoxy) is 1. The molecular weight excluding hydrogens is 532 g/mol. The van der Waals surface area contributed by atoms with Gasteiger partial charge in [0.1, 0.15) is 5.78 Å². The number of fused-ring (bicyclic) bond motifs is 1. The van der Waals surface area contributed by atoms with Gasteiger partial charge in [0.2, 0.25) is 5.89 Å². The Morgan fingerprint density at radius 1 is 1.00 bits per heavy atom. The van der Waals surface area contributed by atoms with Crippen LogP contribution in [0.5, 0.6) is 0 Å². The minimum absolute atomic E-state index is 0.133. The highest BCUT2D eigenvalue weighted by atomic mass is 79.9. The van der Waals surface area contributed by atoms with Gasteiger partial charge in [-0.05, 0) is 44.3 Å². The van der Waals surface area contributed by atoms with E-state index in [2.05, 4.69) is 60.3 Å². The van der Waals surface area contributed by atoms with Gasteiger partial charge in [0.25, 0.3) is 5.89 Å². The lowest BCUT2D eigenvalue weighted by atomic mass is 9.93. The van der Waals surface area contributed by atoms with E-state index < -0.39 is 0 Å². The number of hydrogen-bond donors (Lipinski definition) is 0. The van der Waals surface area contributed by atoms with E-state index >= 15 is 0 Å². The Hall–Kier alpha value is -3.62. The second kappa shape index (κ2) is 10.4. The first kappa shape index (κ1) is 23.8. The molecule has 186 valence electrons. The number of carbonyl (C=O) groups excluding carboxylic acids is 1. The number of halogens is 1. The minimum Gasteiger partial charge on any atom is -0.419 e. The lowest BCUT2D eigenvalue weighted by molar-refractivity contribution is -0.120. The molecule has 2 aliphatic rings. The van der Waals surface area contributed by atoms with Gasteiger partial charge in [-0.3, -0.25) is 4.79 Å². The van der Waals surface area contributed by atoms with Crippen LogP contribution in [0.4, 0.5) is 5.69 Å². The van der Waals surface area contributed by atoms with Crippen LogP contribution in [-0.4, -0.2) is 47.3 Å². The summed E-state index contributed by atoms with van der Waals surface area (Å²) in [6.45, 7) is 2.83. The van der Waals surface area contributed by atoms with Crippen molar-refractivity contribution in [3.63, 3.8) is 0 Å². The van der Waals surface area contributed by atoms with Gasteiger partial charge in [-0.1, -0.05) is 60.7 Å². The summed E-state index contributed by atoms with van der Waals surface area (Å²) in [5.41, 5.74) is 5.80. The Balaban J connectivity index is 1.32. The Bertz CT molecular complexity index is 1460. The molecule has 0 bridgehead atoms. The van der Waals surface area contributed by atoms with Crippen LogP contribution in [0.25, 0.3) is 17.2 Å². The van der Waals surface area contributed by atoms with Crippen LogP contribution in [0.2, 0.25) is 0 Å². The molecule has 1 aliphatic carbocycles. The van der Waals surface area contributed by atoms with E-state index in [0.717, 1.165) is 45.5 Å². The molecule has 2 aromatic heterocycles. The van der Waals surface area contributed by atoms with Crippen molar-refractivity contribution in [3.8, 4) is 11.6 Å². The Kier molecular flexibility index (Phi) is 6.68. The number of ketones is 1. The number of carbonyl (C=O) groups is 1. The fourth-order valence-electron chi connectivity index (χ4n) is 4.94. The van der Waals surface area contributed by atoms with Crippen molar-refractivity contribution in [2.45, 2.75) is 12.8 Å². The lowest BCUT2D eigenvalue weighted by Gasteiger charge is -2.29. The van der Waals surface area contributed by atoms with Crippen LogP contribution in [0, 0.1) is 5.92 Å². The number of hydrogen-bond acceptors (Lipinski definition) is 7. The van der Waals surface area contributed by atoms with Crippen LogP contribution < -0.4 is 4.90 Å². The molecule has 0 N–H and O–H groups in total. The summed E-state index contributed by atoms with van der Waals surface area (Å²) < 4.78 is 12.5. The van der Waals surface area contributed by atoms with Crippen LogP contribution in [0.1, 0.15) is 22.6 Å². The van der Waals surface area contributed by atoms with Crippen molar-refractivity contribution in [1.29, 1.82) is 0 Å². The molecule has 2 aromatic carbocycles. The maximum Gasteiger partial charge on any atom is 0.268 e. The quantitative estimate of drug-likeness (QED) is 0.336. The van der Waals surface area contributed by atoms with E-state index in [1.54, 1.807) is 6.20 Å². The standard InChI is InChI=1S/C29H25BrN4O3/c30-22-17-25(34-10-12-36-13-11-34)28(31-18-22)29-33-32-27(37-29)16-21-14-24(19-6-2-1-3-7-19)23-9-5-4-8-20(23)15-26(21)35/h1-9,14,17-18,21H,10-13,15-16H2/t21-/m1/s1. The summed E-state index contributed by atoms with van der Waals surface area (Å²) in [6.07, 6.45) is 4.48.